The lowest BCUT2D eigenvalue weighted by Crippen LogP contribution is -2.54. The van der Waals surface area contributed by atoms with E-state index in [1.807, 2.05) is 33.8 Å². The van der Waals surface area contributed by atoms with Gasteiger partial charge in [-0.05, 0) is 51.5 Å². The molecule has 1 heterocycles. The van der Waals surface area contributed by atoms with E-state index in [9.17, 15) is 4.79 Å². The highest BCUT2D eigenvalue weighted by molar-refractivity contribution is 6.31. The summed E-state index contributed by atoms with van der Waals surface area (Å²) in [6, 6.07) is 5.38. The molecular weight excluding hydrogens is 290 g/mol. The third-order valence-electron chi connectivity index (χ3n) is 3.41. The number of morpholine rings is 1. The van der Waals surface area contributed by atoms with Gasteiger partial charge in [0.15, 0.2) is 6.61 Å². The number of ether oxygens (including phenoxy) is 2. The van der Waals surface area contributed by atoms with Crippen LogP contribution in [0.4, 0.5) is 0 Å². The van der Waals surface area contributed by atoms with Crippen LogP contribution < -0.4 is 4.74 Å². The molecule has 0 N–H and O–H groups in total. The number of aryl methyl sites for hydroxylation is 1. The topological polar surface area (TPSA) is 38.8 Å². The average Bonchev–Trinajstić information content (AvgIpc) is 2.37. The lowest BCUT2D eigenvalue weighted by atomic mass is 10.1. The molecule has 1 aliphatic heterocycles. The number of halogens is 1. The zero-order valence-electron chi connectivity index (χ0n) is 13.0. The zero-order valence-corrected chi connectivity index (χ0v) is 13.7. The maximum atomic E-state index is 12.3. The van der Waals surface area contributed by atoms with E-state index in [-0.39, 0.29) is 24.2 Å². The van der Waals surface area contributed by atoms with E-state index in [1.165, 1.54) is 0 Å². The SMILES string of the molecule is Cc1cc(OCC(=O)N2CC(C)OC(C)(C)C2)ccc1Cl. The van der Waals surface area contributed by atoms with Crippen LogP contribution in [0.15, 0.2) is 18.2 Å². The second-order valence-electron chi connectivity index (χ2n) is 6.16. The van der Waals surface area contributed by atoms with E-state index < -0.39 is 0 Å². The first-order valence-corrected chi connectivity index (χ1v) is 7.49. The van der Waals surface area contributed by atoms with Gasteiger partial charge in [0.05, 0.1) is 11.7 Å². The summed E-state index contributed by atoms with van der Waals surface area (Å²) in [5.41, 5.74) is 0.618. The summed E-state index contributed by atoms with van der Waals surface area (Å²) in [5.74, 6) is 0.636. The summed E-state index contributed by atoms with van der Waals surface area (Å²) in [4.78, 5) is 14.1. The van der Waals surface area contributed by atoms with Crippen molar-refractivity contribution in [3.05, 3.63) is 28.8 Å². The first kappa shape index (κ1) is 16.1. The highest BCUT2D eigenvalue weighted by atomic mass is 35.5. The van der Waals surface area contributed by atoms with Crippen LogP contribution >= 0.6 is 11.6 Å². The number of hydrogen-bond donors (Lipinski definition) is 0. The highest BCUT2D eigenvalue weighted by Gasteiger charge is 2.33. The molecule has 0 radical (unpaired) electrons. The molecule has 1 aromatic rings. The molecule has 0 spiro atoms. The van der Waals surface area contributed by atoms with Crippen molar-refractivity contribution in [3.63, 3.8) is 0 Å². The molecule has 1 amide bonds. The first-order valence-electron chi connectivity index (χ1n) is 7.11. The van der Waals surface area contributed by atoms with E-state index in [2.05, 4.69) is 0 Å². The molecule has 1 unspecified atom stereocenters. The third-order valence-corrected chi connectivity index (χ3v) is 3.84. The third kappa shape index (κ3) is 4.35. The Morgan fingerprint density at radius 2 is 2.24 bits per heavy atom. The number of carbonyl (C=O) groups is 1. The molecule has 0 saturated carbocycles. The Balaban J connectivity index is 1.93. The second kappa shape index (κ2) is 6.24. The summed E-state index contributed by atoms with van der Waals surface area (Å²) in [7, 11) is 0. The smallest absolute Gasteiger partial charge is 0.260 e. The normalized spacial score (nSPS) is 21.2. The van der Waals surface area contributed by atoms with E-state index in [0.29, 0.717) is 23.9 Å². The van der Waals surface area contributed by atoms with Crippen LogP contribution in [0, 0.1) is 6.92 Å². The van der Waals surface area contributed by atoms with E-state index >= 15 is 0 Å². The Morgan fingerprint density at radius 3 is 2.86 bits per heavy atom. The molecule has 0 aliphatic carbocycles. The minimum atomic E-state index is -0.315. The summed E-state index contributed by atoms with van der Waals surface area (Å²) in [6.45, 7) is 9.08. The van der Waals surface area contributed by atoms with Crippen LogP contribution in [0.5, 0.6) is 5.75 Å². The molecule has 5 heteroatoms. The van der Waals surface area contributed by atoms with Crippen molar-refractivity contribution in [1.82, 2.24) is 4.90 Å². The fourth-order valence-electron chi connectivity index (χ4n) is 2.59. The van der Waals surface area contributed by atoms with Gasteiger partial charge in [0, 0.05) is 18.1 Å². The van der Waals surface area contributed by atoms with Crippen LogP contribution in [-0.4, -0.2) is 42.2 Å². The second-order valence-corrected chi connectivity index (χ2v) is 6.57. The predicted molar refractivity (Wildman–Crippen MR) is 82.9 cm³/mol. The largest absolute Gasteiger partial charge is 0.484 e. The molecular formula is C16H22ClNO3. The Hall–Kier alpha value is -1.26. The van der Waals surface area contributed by atoms with Crippen LogP contribution in [0.3, 0.4) is 0 Å². The average molecular weight is 312 g/mol. The van der Waals surface area contributed by atoms with Crippen molar-refractivity contribution < 1.29 is 14.3 Å². The number of carbonyl (C=O) groups excluding carboxylic acids is 1. The van der Waals surface area contributed by atoms with Gasteiger partial charge in [-0.1, -0.05) is 11.6 Å². The van der Waals surface area contributed by atoms with Crippen LogP contribution in [0.2, 0.25) is 5.02 Å². The summed E-state index contributed by atoms with van der Waals surface area (Å²) in [6.07, 6.45) is 0.0375. The minimum Gasteiger partial charge on any atom is -0.484 e. The summed E-state index contributed by atoms with van der Waals surface area (Å²) < 4.78 is 11.4. The highest BCUT2D eigenvalue weighted by Crippen LogP contribution is 2.22. The number of amides is 1. The maximum Gasteiger partial charge on any atom is 0.260 e. The van der Waals surface area contributed by atoms with E-state index in [4.69, 9.17) is 21.1 Å². The first-order chi connectivity index (χ1) is 9.77. The number of nitrogens with zero attached hydrogens (tertiary/aromatic N) is 1. The van der Waals surface area contributed by atoms with Crippen molar-refractivity contribution in [2.75, 3.05) is 19.7 Å². The molecule has 21 heavy (non-hydrogen) atoms. The van der Waals surface area contributed by atoms with Crippen molar-refractivity contribution in [2.45, 2.75) is 39.4 Å². The Morgan fingerprint density at radius 1 is 1.52 bits per heavy atom. The Bertz CT molecular complexity index is 530. The lowest BCUT2D eigenvalue weighted by Gasteiger charge is -2.41. The molecule has 0 aromatic heterocycles. The van der Waals surface area contributed by atoms with Gasteiger partial charge in [-0.3, -0.25) is 4.79 Å². The van der Waals surface area contributed by atoms with Gasteiger partial charge < -0.3 is 14.4 Å². The molecule has 2 rings (SSSR count). The molecule has 116 valence electrons. The molecule has 1 atom stereocenters. The van der Waals surface area contributed by atoms with Gasteiger partial charge in [0.2, 0.25) is 0 Å². The van der Waals surface area contributed by atoms with Crippen LogP contribution in [0.1, 0.15) is 26.3 Å². The molecule has 1 aromatic carbocycles. The standard InChI is InChI=1S/C16H22ClNO3/c1-11-7-13(5-6-14(11)17)20-9-15(19)18-8-12(2)21-16(3,4)10-18/h5-7,12H,8-10H2,1-4H3. The lowest BCUT2D eigenvalue weighted by molar-refractivity contribution is -0.159. The van der Waals surface area contributed by atoms with Crippen molar-refractivity contribution in [3.8, 4) is 5.75 Å². The maximum absolute atomic E-state index is 12.3. The van der Waals surface area contributed by atoms with Crippen molar-refractivity contribution >= 4 is 17.5 Å². The van der Waals surface area contributed by atoms with Crippen molar-refractivity contribution in [1.29, 1.82) is 0 Å². The zero-order chi connectivity index (χ0) is 15.6. The van der Waals surface area contributed by atoms with Crippen LogP contribution in [0.25, 0.3) is 0 Å². The molecule has 1 fully saturated rings. The molecule has 1 saturated heterocycles. The molecule has 0 bridgehead atoms. The Kier molecular flexibility index (Phi) is 4.79. The van der Waals surface area contributed by atoms with E-state index in [1.54, 1.807) is 17.0 Å². The quantitative estimate of drug-likeness (QED) is 0.861. The molecule has 4 nitrogen and oxygen atoms in total. The number of rotatable bonds is 3. The van der Waals surface area contributed by atoms with Gasteiger partial charge in [-0.25, -0.2) is 0 Å². The van der Waals surface area contributed by atoms with Gasteiger partial charge in [0.1, 0.15) is 5.75 Å². The Labute approximate surface area is 131 Å². The van der Waals surface area contributed by atoms with E-state index in [0.717, 1.165) is 5.56 Å². The predicted octanol–water partition coefficient (Wildman–Crippen LogP) is 3.05. The van der Waals surface area contributed by atoms with Crippen molar-refractivity contribution in [2.24, 2.45) is 0 Å². The molecule has 1 aliphatic rings. The summed E-state index contributed by atoms with van der Waals surface area (Å²) >= 11 is 5.97. The van der Waals surface area contributed by atoms with Gasteiger partial charge >= 0.3 is 0 Å². The summed E-state index contributed by atoms with van der Waals surface area (Å²) in [5, 5.41) is 0.692. The van der Waals surface area contributed by atoms with Gasteiger partial charge in [-0.15, -0.1) is 0 Å². The number of hydrogen-bond acceptors (Lipinski definition) is 3. The fraction of sp³-hybridized carbons (Fsp3) is 0.562. The fourth-order valence-corrected chi connectivity index (χ4v) is 2.70. The minimum absolute atomic E-state index is 0.0224. The van der Waals surface area contributed by atoms with Crippen LogP contribution in [-0.2, 0) is 9.53 Å². The monoisotopic (exact) mass is 311 g/mol. The number of benzene rings is 1. The van der Waals surface area contributed by atoms with Gasteiger partial charge in [-0.2, -0.15) is 0 Å². The van der Waals surface area contributed by atoms with Gasteiger partial charge in [0.25, 0.3) is 5.91 Å².